The molecule has 0 aromatic rings. The summed E-state index contributed by atoms with van der Waals surface area (Å²) in [6.45, 7) is 2.27. The van der Waals surface area contributed by atoms with Gasteiger partial charge in [-0.25, -0.2) is 0 Å². The monoisotopic (exact) mass is 129 g/mol. The zero-order valence-corrected chi connectivity index (χ0v) is 5.65. The fourth-order valence-electron chi connectivity index (χ4n) is 0.444. The number of halogens is 1. The van der Waals surface area contributed by atoms with E-state index >= 15 is 0 Å². The van der Waals surface area contributed by atoms with Gasteiger partial charge < -0.3 is 5.32 Å². The van der Waals surface area contributed by atoms with Gasteiger partial charge in [0.25, 0.3) is 0 Å². The summed E-state index contributed by atoms with van der Waals surface area (Å²) in [4.78, 5) is 0. The van der Waals surface area contributed by atoms with Crippen LogP contribution in [0.15, 0.2) is 0 Å². The first-order chi connectivity index (χ1) is 4.31. The first-order valence-corrected chi connectivity index (χ1v) is 3.06. The second kappa shape index (κ2) is 5.58. The lowest BCUT2D eigenvalue weighted by Gasteiger charge is -2.03. The Balaban J connectivity index is 2.99. The van der Waals surface area contributed by atoms with Crippen LogP contribution in [-0.2, 0) is 0 Å². The van der Waals surface area contributed by atoms with Crippen molar-refractivity contribution in [2.24, 2.45) is 0 Å². The van der Waals surface area contributed by atoms with Crippen LogP contribution in [0, 0.1) is 12.3 Å². The fourth-order valence-corrected chi connectivity index (χ4v) is 0.444. The average molecular weight is 129 g/mol. The van der Waals surface area contributed by atoms with E-state index < -0.39 is 0 Å². The maximum Gasteiger partial charge on any atom is 0.0906 e. The van der Waals surface area contributed by atoms with Crippen LogP contribution in [0.4, 0.5) is 4.39 Å². The quantitative estimate of drug-likeness (QED) is 0.440. The summed E-state index contributed by atoms with van der Waals surface area (Å²) in [5.74, 6) is 2.49. The summed E-state index contributed by atoms with van der Waals surface area (Å²) in [5.41, 5.74) is 0. The molecule has 9 heavy (non-hydrogen) atoms. The molecule has 0 aliphatic rings. The van der Waals surface area contributed by atoms with Gasteiger partial charge in [0.05, 0.1) is 12.7 Å². The fraction of sp³-hybridized carbons (Fsp3) is 0.714. The second-order valence-corrected chi connectivity index (χ2v) is 1.89. The molecule has 2 heteroatoms. The summed E-state index contributed by atoms with van der Waals surface area (Å²) >= 11 is 0. The molecule has 0 fully saturated rings. The van der Waals surface area contributed by atoms with Gasteiger partial charge in [-0.05, 0) is 19.9 Å². The smallest absolute Gasteiger partial charge is 0.0906 e. The van der Waals surface area contributed by atoms with E-state index in [2.05, 4.69) is 11.2 Å². The van der Waals surface area contributed by atoms with E-state index in [4.69, 9.17) is 6.42 Å². The minimum absolute atomic E-state index is 0.0662. The van der Waals surface area contributed by atoms with Crippen LogP contribution < -0.4 is 5.32 Å². The van der Waals surface area contributed by atoms with E-state index in [1.165, 1.54) is 0 Å². The van der Waals surface area contributed by atoms with Crippen LogP contribution in [0.1, 0.15) is 13.3 Å². The molecule has 0 heterocycles. The molecular weight excluding hydrogens is 117 g/mol. The highest BCUT2D eigenvalue weighted by Crippen LogP contribution is 1.80. The lowest BCUT2D eigenvalue weighted by atomic mass is 10.3. The third-order valence-corrected chi connectivity index (χ3v) is 1.01. The average Bonchev–Trinajstić information content (AvgIpc) is 1.89. The number of rotatable bonds is 4. The molecule has 0 bridgehead atoms. The summed E-state index contributed by atoms with van der Waals surface area (Å²) < 4.78 is 11.5. The Kier molecular flexibility index (Phi) is 5.24. The maximum atomic E-state index is 11.5. The van der Waals surface area contributed by atoms with Crippen molar-refractivity contribution in [1.29, 1.82) is 0 Å². The Hall–Kier alpha value is -0.550. The molecule has 0 aromatic carbocycles. The Morgan fingerprint density at radius 1 is 1.78 bits per heavy atom. The van der Waals surface area contributed by atoms with Crippen molar-refractivity contribution in [1.82, 2.24) is 5.32 Å². The van der Waals surface area contributed by atoms with Gasteiger partial charge in [-0.2, -0.15) is 0 Å². The molecule has 0 radical (unpaired) electrons. The third-order valence-electron chi connectivity index (χ3n) is 1.01. The molecule has 1 unspecified atom stereocenters. The van der Waals surface area contributed by atoms with Crippen molar-refractivity contribution in [3.63, 3.8) is 0 Å². The molecule has 0 saturated carbocycles. The van der Waals surface area contributed by atoms with Crippen molar-refractivity contribution in [3.8, 4) is 12.3 Å². The van der Waals surface area contributed by atoms with Crippen LogP contribution >= 0.6 is 0 Å². The Morgan fingerprint density at radius 2 is 2.44 bits per heavy atom. The summed E-state index contributed by atoms with van der Waals surface area (Å²) in [6, 6.07) is 0.0662. The highest BCUT2D eigenvalue weighted by atomic mass is 19.1. The number of nitrogens with one attached hydrogen (secondary N) is 1. The van der Waals surface area contributed by atoms with Gasteiger partial charge in [0.2, 0.25) is 0 Å². The van der Waals surface area contributed by atoms with Crippen molar-refractivity contribution < 1.29 is 4.39 Å². The van der Waals surface area contributed by atoms with Gasteiger partial charge in [-0.3, -0.25) is 4.39 Å². The van der Waals surface area contributed by atoms with E-state index in [0.29, 0.717) is 13.0 Å². The number of hydrogen-bond donors (Lipinski definition) is 1. The van der Waals surface area contributed by atoms with Crippen molar-refractivity contribution in [2.45, 2.75) is 19.4 Å². The molecule has 52 valence electrons. The van der Waals surface area contributed by atoms with Gasteiger partial charge in [0.1, 0.15) is 0 Å². The maximum absolute atomic E-state index is 11.5. The minimum Gasteiger partial charge on any atom is -0.304 e. The third kappa shape index (κ3) is 5.32. The lowest BCUT2D eigenvalue weighted by Crippen LogP contribution is -2.25. The zero-order valence-electron chi connectivity index (χ0n) is 5.65. The molecule has 1 atom stereocenters. The molecule has 1 N–H and O–H groups in total. The Labute approximate surface area is 55.6 Å². The van der Waals surface area contributed by atoms with Crippen LogP contribution in [0.5, 0.6) is 0 Å². The first kappa shape index (κ1) is 8.45. The van der Waals surface area contributed by atoms with Crippen LogP contribution in [0.25, 0.3) is 0 Å². The first-order valence-electron chi connectivity index (χ1n) is 3.06. The van der Waals surface area contributed by atoms with Gasteiger partial charge in [-0.1, -0.05) is 5.92 Å². The summed E-state index contributed by atoms with van der Waals surface area (Å²) in [7, 11) is 0. The van der Waals surface area contributed by atoms with Crippen LogP contribution in [0.2, 0.25) is 0 Å². The predicted molar refractivity (Wildman–Crippen MR) is 36.9 cm³/mol. The molecule has 0 saturated heterocycles. The molecule has 1 nitrogen and oxygen atoms in total. The SMILES string of the molecule is C#CC(C)NCCCF. The van der Waals surface area contributed by atoms with Crippen molar-refractivity contribution in [3.05, 3.63) is 0 Å². The zero-order chi connectivity index (χ0) is 7.11. The van der Waals surface area contributed by atoms with Gasteiger partial charge in [-0.15, -0.1) is 6.42 Å². The molecule has 0 aliphatic carbocycles. The molecule has 0 spiro atoms. The topological polar surface area (TPSA) is 12.0 Å². The number of alkyl halides is 1. The van der Waals surface area contributed by atoms with E-state index in [0.717, 1.165) is 0 Å². The van der Waals surface area contributed by atoms with Crippen molar-refractivity contribution >= 4 is 0 Å². The van der Waals surface area contributed by atoms with Crippen LogP contribution in [0.3, 0.4) is 0 Å². The Bertz CT molecular complexity index is 95.6. The molecule has 0 aliphatic heterocycles. The summed E-state index contributed by atoms with van der Waals surface area (Å²) in [6.07, 6.45) is 5.60. The molecule has 0 rings (SSSR count). The largest absolute Gasteiger partial charge is 0.304 e. The predicted octanol–water partition coefficient (Wildman–Crippen LogP) is 0.957. The van der Waals surface area contributed by atoms with Gasteiger partial charge >= 0.3 is 0 Å². The molecule has 0 aromatic heterocycles. The second-order valence-electron chi connectivity index (χ2n) is 1.89. The number of terminal acetylenes is 1. The summed E-state index contributed by atoms with van der Waals surface area (Å²) in [5, 5.41) is 2.96. The van der Waals surface area contributed by atoms with Crippen LogP contribution in [-0.4, -0.2) is 19.3 Å². The Morgan fingerprint density at radius 3 is 2.89 bits per heavy atom. The normalized spacial score (nSPS) is 12.6. The van der Waals surface area contributed by atoms with E-state index in [1.54, 1.807) is 0 Å². The van der Waals surface area contributed by atoms with E-state index in [9.17, 15) is 4.39 Å². The number of hydrogen-bond acceptors (Lipinski definition) is 1. The van der Waals surface area contributed by atoms with Crippen molar-refractivity contribution in [2.75, 3.05) is 13.2 Å². The minimum atomic E-state index is -0.274. The van der Waals surface area contributed by atoms with E-state index in [-0.39, 0.29) is 12.7 Å². The molecular formula is C7H12FN. The highest BCUT2D eigenvalue weighted by molar-refractivity contribution is 4.95. The highest BCUT2D eigenvalue weighted by Gasteiger charge is 1.91. The van der Waals surface area contributed by atoms with E-state index in [1.807, 2.05) is 6.92 Å². The van der Waals surface area contributed by atoms with Gasteiger partial charge in [0.15, 0.2) is 0 Å². The standard InChI is InChI=1S/C7H12FN/c1-3-7(2)9-6-4-5-8/h1,7,9H,4-6H2,2H3. The lowest BCUT2D eigenvalue weighted by molar-refractivity contribution is 0.456. The van der Waals surface area contributed by atoms with Gasteiger partial charge in [0, 0.05) is 0 Å². The molecule has 0 amide bonds.